The Morgan fingerprint density at radius 3 is 2.10 bits per heavy atom. The van der Waals surface area contributed by atoms with Crippen molar-refractivity contribution < 1.29 is 23.7 Å². The number of ether oxygens (including phenoxy) is 4. The summed E-state index contributed by atoms with van der Waals surface area (Å²) in [5.41, 5.74) is 0.469. The van der Waals surface area contributed by atoms with Crippen LogP contribution in [0.25, 0.3) is 0 Å². The first-order valence-corrected chi connectivity index (χ1v) is 6.75. The number of hydrogen-bond acceptors (Lipinski definition) is 5. The smallest absolute Gasteiger partial charge is 0.251 e. The molecule has 0 bridgehead atoms. The highest BCUT2D eigenvalue weighted by Gasteiger charge is 2.16. The highest BCUT2D eigenvalue weighted by molar-refractivity contribution is 5.95. The molecule has 6 heteroatoms. The molecule has 1 amide bonds. The SMILES string of the molecule is COCCCCNC(=O)c1cc(OC)c(OC)c(OC)c1. The maximum atomic E-state index is 12.1. The molecule has 0 aliphatic rings. The highest BCUT2D eigenvalue weighted by atomic mass is 16.5. The van der Waals surface area contributed by atoms with E-state index in [0.717, 1.165) is 12.8 Å². The van der Waals surface area contributed by atoms with E-state index < -0.39 is 0 Å². The monoisotopic (exact) mass is 297 g/mol. The van der Waals surface area contributed by atoms with Crippen molar-refractivity contribution in [2.24, 2.45) is 0 Å². The first kappa shape index (κ1) is 17.1. The van der Waals surface area contributed by atoms with Crippen molar-refractivity contribution in [1.29, 1.82) is 0 Å². The Morgan fingerprint density at radius 1 is 1.00 bits per heavy atom. The van der Waals surface area contributed by atoms with E-state index in [4.69, 9.17) is 18.9 Å². The van der Waals surface area contributed by atoms with E-state index in [1.165, 1.54) is 21.3 Å². The van der Waals surface area contributed by atoms with Crippen LogP contribution < -0.4 is 19.5 Å². The van der Waals surface area contributed by atoms with Gasteiger partial charge in [0.1, 0.15) is 0 Å². The molecule has 0 saturated carbocycles. The van der Waals surface area contributed by atoms with Crippen LogP contribution >= 0.6 is 0 Å². The Morgan fingerprint density at radius 2 is 1.62 bits per heavy atom. The Bertz CT molecular complexity index is 436. The highest BCUT2D eigenvalue weighted by Crippen LogP contribution is 2.38. The zero-order valence-corrected chi connectivity index (χ0v) is 13.0. The van der Waals surface area contributed by atoms with E-state index in [1.54, 1.807) is 19.2 Å². The third-order valence-corrected chi connectivity index (χ3v) is 2.99. The van der Waals surface area contributed by atoms with Crippen molar-refractivity contribution in [3.8, 4) is 17.2 Å². The van der Waals surface area contributed by atoms with Gasteiger partial charge in [-0.05, 0) is 25.0 Å². The minimum atomic E-state index is -0.174. The number of methoxy groups -OCH3 is 4. The van der Waals surface area contributed by atoms with Gasteiger partial charge in [0.05, 0.1) is 21.3 Å². The van der Waals surface area contributed by atoms with Crippen LogP contribution in [0.3, 0.4) is 0 Å². The number of carbonyl (C=O) groups is 1. The fourth-order valence-electron chi connectivity index (χ4n) is 1.89. The van der Waals surface area contributed by atoms with Gasteiger partial charge in [-0.25, -0.2) is 0 Å². The summed E-state index contributed by atoms with van der Waals surface area (Å²) in [6.07, 6.45) is 1.77. The van der Waals surface area contributed by atoms with Crippen molar-refractivity contribution in [3.05, 3.63) is 17.7 Å². The van der Waals surface area contributed by atoms with Crippen LogP contribution in [0.1, 0.15) is 23.2 Å². The van der Waals surface area contributed by atoms with E-state index in [2.05, 4.69) is 5.32 Å². The molecule has 0 unspecified atom stereocenters. The van der Waals surface area contributed by atoms with Crippen molar-refractivity contribution in [2.75, 3.05) is 41.6 Å². The molecule has 118 valence electrons. The molecule has 0 atom stereocenters. The van der Waals surface area contributed by atoms with E-state index in [1.807, 2.05) is 0 Å². The molecule has 0 saturated heterocycles. The Balaban J connectivity index is 2.75. The van der Waals surface area contributed by atoms with Crippen LogP contribution in [0.2, 0.25) is 0 Å². The fraction of sp³-hybridized carbons (Fsp3) is 0.533. The molecule has 0 aliphatic heterocycles. The van der Waals surface area contributed by atoms with Gasteiger partial charge < -0.3 is 24.3 Å². The minimum Gasteiger partial charge on any atom is -0.493 e. The average Bonchev–Trinajstić information content (AvgIpc) is 2.52. The number of hydrogen-bond donors (Lipinski definition) is 1. The molecule has 6 nitrogen and oxygen atoms in total. The van der Waals surface area contributed by atoms with Gasteiger partial charge in [-0.1, -0.05) is 0 Å². The fourth-order valence-corrected chi connectivity index (χ4v) is 1.89. The van der Waals surface area contributed by atoms with Crippen molar-refractivity contribution in [1.82, 2.24) is 5.32 Å². The van der Waals surface area contributed by atoms with Gasteiger partial charge >= 0.3 is 0 Å². The predicted molar refractivity (Wildman–Crippen MR) is 79.5 cm³/mol. The van der Waals surface area contributed by atoms with E-state index in [-0.39, 0.29) is 5.91 Å². The van der Waals surface area contributed by atoms with Crippen LogP contribution in [0, 0.1) is 0 Å². The minimum absolute atomic E-state index is 0.174. The molecule has 21 heavy (non-hydrogen) atoms. The van der Waals surface area contributed by atoms with Gasteiger partial charge in [0.25, 0.3) is 5.91 Å². The van der Waals surface area contributed by atoms with Crippen LogP contribution in [0.15, 0.2) is 12.1 Å². The predicted octanol–water partition coefficient (Wildman–Crippen LogP) is 1.87. The molecule has 0 radical (unpaired) electrons. The maximum Gasteiger partial charge on any atom is 0.251 e. The van der Waals surface area contributed by atoms with E-state index >= 15 is 0 Å². The third kappa shape index (κ3) is 4.82. The second-order valence-corrected chi connectivity index (χ2v) is 4.37. The lowest BCUT2D eigenvalue weighted by Crippen LogP contribution is -2.24. The van der Waals surface area contributed by atoms with Crippen LogP contribution in [0.5, 0.6) is 17.2 Å². The first-order chi connectivity index (χ1) is 10.2. The van der Waals surface area contributed by atoms with Crippen LogP contribution in [0.4, 0.5) is 0 Å². The molecular formula is C15H23NO5. The quantitative estimate of drug-likeness (QED) is 0.705. The number of amides is 1. The molecule has 0 spiro atoms. The number of benzene rings is 1. The Hall–Kier alpha value is -1.95. The topological polar surface area (TPSA) is 66.0 Å². The summed E-state index contributed by atoms with van der Waals surface area (Å²) < 4.78 is 20.6. The molecule has 0 aromatic heterocycles. The summed E-state index contributed by atoms with van der Waals surface area (Å²) in [5, 5.41) is 2.85. The lowest BCUT2D eigenvalue weighted by Gasteiger charge is -2.14. The van der Waals surface area contributed by atoms with Gasteiger partial charge in [-0.3, -0.25) is 4.79 Å². The van der Waals surface area contributed by atoms with Gasteiger partial charge in [0.2, 0.25) is 5.75 Å². The molecule has 1 aromatic carbocycles. The first-order valence-electron chi connectivity index (χ1n) is 6.75. The maximum absolute atomic E-state index is 12.1. The van der Waals surface area contributed by atoms with Crippen molar-refractivity contribution >= 4 is 5.91 Å². The van der Waals surface area contributed by atoms with E-state index in [0.29, 0.717) is 36.0 Å². The van der Waals surface area contributed by atoms with Crippen molar-refractivity contribution in [2.45, 2.75) is 12.8 Å². The summed E-state index contributed by atoms with van der Waals surface area (Å²) in [4.78, 5) is 12.1. The molecular weight excluding hydrogens is 274 g/mol. The molecule has 0 heterocycles. The zero-order chi connectivity index (χ0) is 15.7. The normalized spacial score (nSPS) is 10.1. The standard InChI is InChI=1S/C15H23NO5/c1-18-8-6-5-7-16-15(17)11-9-12(19-2)14(21-4)13(10-11)20-3/h9-10H,5-8H2,1-4H3,(H,16,17). The summed E-state index contributed by atoms with van der Waals surface area (Å²) in [6, 6.07) is 3.26. The lowest BCUT2D eigenvalue weighted by atomic mass is 10.1. The zero-order valence-electron chi connectivity index (χ0n) is 13.0. The summed E-state index contributed by atoms with van der Waals surface area (Å²) >= 11 is 0. The van der Waals surface area contributed by atoms with Crippen molar-refractivity contribution in [3.63, 3.8) is 0 Å². The van der Waals surface area contributed by atoms with Crippen LogP contribution in [-0.2, 0) is 4.74 Å². The Labute approximate surface area is 125 Å². The Kier molecular flexibility index (Phi) is 7.39. The van der Waals surface area contributed by atoms with E-state index in [9.17, 15) is 4.79 Å². The summed E-state index contributed by atoms with van der Waals surface area (Å²) in [6.45, 7) is 1.29. The molecule has 1 aromatic rings. The molecule has 0 fully saturated rings. The summed E-state index contributed by atoms with van der Waals surface area (Å²) in [5.74, 6) is 1.21. The lowest BCUT2D eigenvalue weighted by molar-refractivity contribution is 0.0950. The largest absolute Gasteiger partial charge is 0.493 e. The van der Waals surface area contributed by atoms with Gasteiger partial charge in [-0.2, -0.15) is 0 Å². The molecule has 1 rings (SSSR count). The number of nitrogens with one attached hydrogen (secondary N) is 1. The summed E-state index contributed by atoms with van der Waals surface area (Å²) in [7, 11) is 6.22. The van der Waals surface area contributed by atoms with Gasteiger partial charge in [0.15, 0.2) is 11.5 Å². The second kappa shape index (κ2) is 9.07. The second-order valence-electron chi connectivity index (χ2n) is 4.37. The number of unbranched alkanes of at least 4 members (excludes halogenated alkanes) is 1. The number of rotatable bonds is 9. The number of carbonyl (C=O) groups excluding carboxylic acids is 1. The average molecular weight is 297 g/mol. The molecule has 1 N–H and O–H groups in total. The van der Waals surface area contributed by atoms with Gasteiger partial charge in [0, 0.05) is 25.8 Å². The van der Waals surface area contributed by atoms with Gasteiger partial charge in [-0.15, -0.1) is 0 Å². The van der Waals surface area contributed by atoms with Crippen LogP contribution in [-0.4, -0.2) is 47.5 Å². The third-order valence-electron chi connectivity index (χ3n) is 2.99. The molecule has 0 aliphatic carbocycles.